The van der Waals surface area contributed by atoms with Gasteiger partial charge in [0.2, 0.25) is 7.37 Å². The normalized spacial score (nSPS) is 22.0. The van der Waals surface area contributed by atoms with E-state index in [9.17, 15) is 14.0 Å². The average molecular weight is 230 g/mol. The summed E-state index contributed by atoms with van der Waals surface area (Å²) in [6.45, 7) is 5.68. The third-order valence-corrected chi connectivity index (χ3v) is 4.31. The smallest absolute Gasteiger partial charge is 0.333 e. The predicted octanol–water partition coefficient (Wildman–Crippen LogP) is 1.84. The lowest BCUT2D eigenvalue weighted by atomic mass is 10.3. The molecule has 0 amide bonds. The van der Waals surface area contributed by atoms with E-state index in [1.54, 1.807) is 0 Å². The van der Waals surface area contributed by atoms with Crippen molar-refractivity contribution < 1.29 is 23.4 Å². The van der Waals surface area contributed by atoms with Crippen LogP contribution in [0.25, 0.3) is 0 Å². The molecular weight excluding hydrogens is 214 g/mol. The van der Waals surface area contributed by atoms with Crippen LogP contribution in [0.3, 0.4) is 0 Å². The van der Waals surface area contributed by atoms with Gasteiger partial charge in [0.15, 0.2) is 0 Å². The molecule has 2 unspecified atom stereocenters. The van der Waals surface area contributed by atoms with Gasteiger partial charge in [-0.2, -0.15) is 0 Å². The molecule has 2 atom stereocenters. The van der Waals surface area contributed by atoms with Crippen molar-refractivity contribution in [3.8, 4) is 0 Å². The van der Waals surface area contributed by atoms with E-state index in [0.717, 1.165) is 6.66 Å². The van der Waals surface area contributed by atoms with Crippen LogP contribution >= 0.6 is 15.0 Å². The lowest BCUT2D eigenvalue weighted by Crippen LogP contribution is -2.16. The van der Waals surface area contributed by atoms with Crippen LogP contribution in [-0.4, -0.2) is 28.0 Å². The summed E-state index contributed by atoms with van der Waals surface area (Å²) >= 11 is 0. The Hall–Kier alpha value is 0.340. The maximum Gasteiger partial charge on any atom is 0.333 e. The Bertz CT molecular complexity index is 261. The summed E-state index contributed by atoms with van der Waals surface area (Å²) in [5.41, 5.74) is 0. The molecule has 0 aromatic heterocycles. The van der Waals surface area contributed by atoms with Crippen molar-refractivity contribution in [1.29, 1.82) is 0 Å². The van der Waals surface area contributed by atoms with Crippen LogP contribution in [0.1, 0.15) is 20.8 Å². The fourth-order valence-corrected chi connectivity index (χ4v) is 2.25. The van der Waals surface area contributed by atoms with Gasteiger partial charge in [0.05, 0.1) is 5.16 Å². The van der Waals surface area contributed by atoms with Crippen molar-refractivity contribution in [3.05, 3.63) is 0 Å². The summed E-state index contributed by atoms with van der Waals surface area (Å²) in [4.78, 5) is 18.2. The molecule has 0 aromatic rings. The summed E-state index contributed by atoms with van der Waals surface area (Å²) in [5, 5.41) is -0.928. The van der Waals surface area contributed by atoms with E-state index in [2.05, 4.69) is 4.52 Å². The predicted molar refractivity (Wildman–Crippen MR) is 51.3 cm³/mol. The Morgan fingerprint density at radius 1 is 1.23 bits per heavy atom. The van der Waals surface area contributed by atoms with Crippen molar-refractivity contribution in [2.45, 2.75) is 25.9 Å². The van der Waals surface area contributed by atoms with Crippen molar-refractivity contribution in [2.24, 2.45) is 0 Å². The van der Waals surface area contributed by atoms with Gasteiger partial charge in [0.1, 0.15) is 6.35 Å². The molecule has 0 bridgehead atoms. The molecule has 0 aliphatic rings. The van der Waals surface area contributed by atoms with Gasteiger partial charge in [-0.05, 0) is 20.8 Å². The molecule has 80 valence electrons. The van der Waals surface area contributed by atoms with Crippen LogP contribution in [0.5, 0.6) is 0 Å². The highest BCUT2D eigenvalue weighted by atomic mass is 31.2. The van der Waals surface area contributed by atoms with E-state index in [4.69, 9.17) is 4.89 Å². The minimum atomic E-state index is -3.81. The topological polar surface area (TPSA) is 83.8 Å². The molecule has 0 aromatic carbocycles. The maximum absolute atomic E-state index is 11.4. The first kappa shape index (κ1) is 13.3. The minimum absolute atomic E-state index is 0.585. The van der Waals surface area contributed by atoms with E-state index in [-0.39, 0.29) is 0 Å². The van der Waals surface area contributed by atoms with Gasteiger partial charge in [0.25, 0.3) is 0 Å². The second kappa shape index (κ2) is 3.84. The third-order valence-electron chi connectivity index (χ3n) is 1.32. The molecule has 0 rings (SSSR count). The van der Waals surface area contributed by atoms with Crippen LogP contribution in [-0.2, 0) is 13.7 Å². The maximum atomic E-state index is 11.4. The van der Waals surface area contributed by atoms with Gasteiger partial charge >= 0.3 is 7.60 Å². The van der Waals surface area contributed by atoms with Gasteiger partial charge in [-0.15, -0.1) is 0 Å². The summed E-state index contributed by atoms with van der Waals surface area (Å²) in [7, 11) is -7.19. The van der Waals surface area contributed by atoms with E-state index in [1.807, 2.05) is 0 Å². The fraction of sp³-hybridized carbons (Fsp3) is 1.00. The highest BCUT2D eigenvalue weighted by Crippen LogP contribution is 2.57. The average Bonchev–Trinajstić information content (AvgIpc) is 1.79. The zero-order chi connectivity index (χ0) is 10.9. The van der Waals surface area contributed by atoms with Gasteiger partial charge < -0.3 is 9.79 Å². The molecule has 0 heterocycles. The molecule has 0 radical (unpaired) electrons. The Morgan fingerprint density at radius 3 is 1.85 bits per heavy atom. The first-order chi connectivity index (χ1) is 5.46. The van der Waals surface area contributed by atoms with Crippen LogP contribution in [0.15, 0.2) is 0 Å². The molecular formula is C6H16O5P2. The van der Waals surface area contributed by atoms with Crippen molar-refractivity contribution in [3.63, 3.8) is 0 Å². The molecule has 5 nitrogen and oxygen atoms in total. The molecule has 0 spiro atoms. The zero-order valence-electron chi connectivity index (χ0n) is 8.22. The second-order valence-electron chi connectivity index (χ2n) is 4.00. The number of hydrogen-bond acceptors (Lipinski definition) is 3. The summed E-state index contributed by atoms with van der Waals surface area (Å²) in [5.74, 6) is 0. The van der Waals surface area contributed by atoms with Crippen molar-refractivity contribution >= 4 is 15.0 Å². The summed E-state index contributed by atoms with van der Waals surface area (Å²) < 4.78 is 26.7. The van der Waals surface area contributed by atoms with E-state index >= 15 is 0 Å². The molecule has 0 fully saturated rings. The molecule has 0 saturated carbocycles. The van der Waals surface area contributed by atoms with Gasteiger partial charge in [0, 0.05) is 6.66 Å². The SMILES string of the molecule is CC(C)(C)P(=O)(O)OCP(C)(=O)O. The molecule has 13 heavy (non-hydrogen) atoms. The number of rotatable bonds is 3. The van der Waals surface area contributed by atoms with E-state index in [0.29, 0.717) is 0 Å². The quantitative estimate of drug-likeness (QED) is 0.722. The standard InChI is InChI=1S/C6H16O5P2/c1-6(2,3)13(9,10)11-5-12(4,7)8/h5H2,1-4H3,(H,7,8)(H,9,10). The monoisotopic (exact) mass is 230 g/mol. The van der Waals surface area contributed by atoms with Crippen LogP contribution in [0.4, 0.5) is 0 Å². The van der Waals surface area contributed by atoms with Crippen molar-refractivity contribution in [2.75, 3.05) is 13.0 Å². The third kappa shape index (κ3) is 4.94. The Kier molecular flexibility index (Phi) is 3.94. The molecule has 0 saturated heterocycles. The molecule has 7 heteroatoms. The highest BCUT2D eigenvalue weighted by molar-refractivity contribution is 7.59. The zero-order valence-corrected chi connectivity index (χ0v) is 10.0. The van der Waals surface area contributed by atoms with E-state index < -0.39 is 26.5 Å². The lowest BCUT2D eigenvalue weighted by molar-refractivity contribution is 0.267. The van der Waals surface area contributed by atoms with Gasteiger partial charge in [-0.25, -0.2) is 0 Å². The second-order valence-corrected chi connectivity index (χ2v) is 9.00. The fourth-order valence-electron chi connectivity index (χ4n) is 0.379. The minimum Gasteiger partial charge on any atom is -0.343 e. The molecule has 0 aliphatic heterocycles. The van der Waals surface area contributed by atoms with E-state index in [1.165, 1.54) is 20.8 Å². The lowest BCUT2D eigenvalue weighted by Gasteiger charge is -2.25. The summed E-state index contributed by atoms with van der Waals surface area (Å²) in [6, 6.07) is 0. The van der Waals surface area contributed by atoms with Crippen molar-refractivity contribution in [1.82, 2.24) is 0 Å². The first-order valence-electron chi connectivity index (χ1n) is 3.72. The highest BCUT2D eigenvalue weighted by Gasteiger charge is 2.37. The number of hydrogen-bond donors (Lipinski definition) is 2. The summed E-state index contributed by atoms with van der Waals surface area (Å²) in [6.07, 6.45) is -0.585. The van der Waals surface area contributed by atoms with Crippen LogP contribution in [0.2, 0.25) is 0 Å². The Labute approximate surface area is 78.1 Å². The molecule has 0 aliphatic carbocycles. The van der Waals surface area contributed by atoms with Gasteiger partial charge in [-0.3, -0.25) is 13.7 Å². The van der Waals surface area contributed by atoms with Gasteiger partial charge in [-0.1, -0.05) is 0 Å². The van der Waals surface area contributed by atoms with Crippen LogP contribution in [0, 0.1) is 0 Å². The Balaban J connectivity index is 4.39. The van der Waals surface area contributed by atoms with Crippen LogP contribution < -0.4 is 0 Å². The Morgan fingerprint density at radius 2 is 1.62 bits per heavy atom. The molecule has 2 N–H and O–H groups in total. The largest absolute Gasteiger partial charge is 0.343 e. The first-order valence-corrected chi connectivity index (χ1v) is 7.59.